The second-order valence-corrected chi connectivity index (χ2v) is 5.95. The van der Waals surface area contributed by atoms with E-state index in [4.69, 9.17) is 5.73 Å². The minimum absolute atomic E-state index is 0.0876. The summed E-state index contributed by atoms with van der Waals surface area (Å²) in [6, 6.07) is 6.81. The summed E-state index contributed by atoms with van der Waals surface area (Å²) in [4.78, 5) is 14.2. The molecule has 0 unspecified atom stereocenters. The molecule has 0 aromatic heterocycles. The molecule has 0 bridgehead atoms. The molecule has 2 N–H and O–H groups in total. The van der Waals surface area contributed by atoms with E-state index in [2.05, 4.69) is 6.92 Å². The number of hydrogen-bond acceptors (Lipinski definition) is 2. The van der Waals surface area contributed by atoms with Crippen molar-refractivity contribution in [1.29, 1.82) is 0 Å². The van der Waals surface area contributed by atoms with E-state index in [0.29, 0.717) is 12.5 Å². The van der Waals surface area contributed by atoms with E-state index >= 15 is 0 Å². The van der Waals surface area contributed by atoms with Crippen molar-refractivity contribution in [2.24, 2.45) is 5.73 Å². The average molecular weight is 262 g/mol. The van der Waals surface area contributed by atoms with Crippen LogP contribution in [-0.4, -0.2) is 28.9 Å². The Hall–Kier alpha value is -1.42. The van der Waals surface area contributed by atoms with Crippen LogP contribution in [-0.2, 0) is 4.79 Å². The molecule has 3 nitrogen and oxygen atoms in total. The third-order valence-corrected chi connectivity index (χ3v) is 4.39. The van der Waals surface area contributed by atoms with Crippen molar-refractivity contribution in [3.63, 3.8) is 0 Å². The maximum absolute atomic E-state index is 12.9. The summed E-state index contributed by atoms with van der Waals surface area (Å²) >= 11 is 0. The van der Waals surface area contributed by atoms with Crippen LogP contribution in [0.4, 0.5) is 4.39 Å². The van der Waals surface area contributed by atoms with Crippen LogP contribution in [0.2, 0.25) is 0 Å². The SMILES string of the molecule is C[C@@H]1C[C@H](c2ccc(F)cc2)CN1C(=O)C1(N)CC1. The highest BCUT2D eigenvalue weighted by atomic mass is 19.1. The Bertz CT molecular complexity index is 495. The van der Waals surface area contributed by atoms with Gasteiger partial charge in [0, 0.05) is 18.5 Å². The van der Waals surface area contributed by atoms with Gasteiger partial charge in [-0.3, -0.25) is 4.79 Å². The van der Waals surface area contributed by atoms with E-state index in [-0.39, 0.29) is 17.8 Å². The average Bonchev–Trinajstić information content (AvgIpc) is 3.02. The number of nitrogens with two attached hydrogens (primary N) is 1. The fourth-order valence-corrected chi connectivity index (χ4v) is 2.92. The van der Waals surface area contributed by atoms with Crippen molar-refractivity contribution >= 4 is 5.91 Å². The van der Waals surface area contributed by atoms with Crippen LogP contribution in [0.3, 0.4) is 0 Å². The fraction of sp³-hybridized carbons (Fsp3) is 0.533. The highest BCUT2D eigenvalue weighted by molar-refractivity contribution is 5.89. The van der Waals surface area contributed by atoms with Crippen molar-refractivity contribution in [1.82, 2.24) is 4.90 Å². The molecule has 3 rings (SSSR count). The van der Waals surface area contributed by atoms with Crippen molar-refractivity contribution in [2.75, 3.05) is 6.54 Å². The molecule has 1 saturated heterocycles. The summed E-state index contributed by atoms with van der Waals surface area (Å²) in [6.07, 6.45) is 2.53. The fourth-order valence-electron chi connectivity index (χ4n) is 2.92. The molecule has 2 atom stereocenters. The Kier molecular flexibility index (Phi) is 2.86. The number of amides is 1. The summed E-state index contributed by atoms with van der Waals surface area (Å²) in [5.41, 5.74) is 6.51. The van der Waals surface area contributed by atoms with Crippen LogP contribution >= 0.6 is 0 Å². The number of nitrogens with zero attached hydrogens (tertiary/aromatic N) is 1. The highest BCUT2D eigenvalue weighted by Crippen LogP contribution is 2.39. The Balaban J connectivity index is 1.74. The van der Waals surface area contributed by atoms with E-state index in [1.165, 1.54) is 12.1 Å². The molecule has 1 amide bonds. The van der Waals surface area contributed by atoms with Gasteiger partial charge < -0.3 is 10.6 Å². The topological polar surface area (TPSA) is 46.3 Å². The number of rotatable bonds is 2. The Morgan fingerprint density at radius 3 is 2.58 bits per heavy atom. The molecule has 1 aliphatic carbocycles. The molecule has 1 aromatic rings. The summed E-state index contributed by atoms with van der Waals surface area (Å²) in [5.74, 6) is 0.160. The van der Waals surface area contributed by atoms with Crippen molar-refractivity contribution in [3.8, 4) is 0 Å². The lowest BCUT2D eigenvalue weighted by Crippen LogP contribution is -2.47. The van der Waals surface area contributed by atoms with E-state index in [1.54, 1.807) is 0 Å². The summed E-state index contributed by atoms with van der Waals surface area (Å²) in [6.45, 7) is 2.76. The maximum atomic E-state index is 12.9. The van der Waals surface area contributed by atoms with Gasteiger partial charge in [0.15, 0.2) is 0 Å². The first-order valence-corrected chi connectivity index (χ1v) is 6.85. The van der Waals surface area contributed by atoms with Gasteiger partial charge in [-0.25, -0.2) is 4.39 Å². The molecule has 2 aliphatic rings. The van der Waals surface area contributed by atoms with Gasteiger partial charge in [-0.2, -0.15) is 0 Å². The van der Waals surface area contributed by atoms with Gasteiger partial charge in [-0.15, -0.1) is 0 Å². The molecule has 0 radical (unpaired) electrons. The lowest BCUT2D eigenvalue weighted by molar-refractivity contribution is -0.134. The monoisotopic (exact) mass is 262 g/mol. The second-order valence-electron chi connectivity index (χ2n) is 5.95. The summed E-state index contributed by atoms with van der Waals surface area (Å²) in [7, 11) is 0. The lowest BCUT2D eigenvalue weighted by atomic mass is 9.97. The van der Waals surface area contributed by atoms with Crippen molar-refractivity contribution in [2.45, 2.75) is 43.7 Å². The van der Waals surface area contributed by atoms with Crippen LogP contribution in [0.15, 0.2) is 24.3 Å². The first kappa shape index (κ1) is 12.6. The molecule has 1 aromatic carbocycles. The predicted octanol–water partition coefficient (Wildman–Crippen LogP) is 2.02. The smallest absolute Gasteiger partial charge is 0.242 e. The number of halogens is 1. The number of carbonyl (C=O) groups excluding carboxylic acids is 1. The second kappa shape index (κ2) is 4.30. The predicted molar refractivity (Wildman–Crippen MR) is 71.1 cm³/mol. The maximum Gasteiger partial charge on any atom is 0.242 e. The molecule has 2 fully saturated rings. The lowest BCUT2D eigenvalue weighted by Gasteiger charge is -2.24. The molecule has 102 valence electrons. The molecule has 1 aliphatic heterocycles. The summed E-state index contributed by atoms with van der Waals surface area (Å²) < 4.78 is 12.9. The van der Waals surface area contributed by atoms with Gasteiger partial charge in [0.1, 0.15) is 5.82 Å². The molecule has 0 spiro atoms. The molecular weight excluding hydrogens is 243 g/mol. The van der Waals surface area contributed by atoms with E-state index < -0.39 is 5.54 Å². The molecule has 4 heteroatoms. The van der Waals surface area contributed by atoms with Gasteiger partial charge in [-0.1, -0.05) is 12.1 Å². The zero-order chi connectivity index (χ0) is 13.6. The van der Waals surface area contributed by atoms with Crippen LogP contribution in [0, 0.1) is 5.82 Å². The Morgan fingerprint density at radius 1 is 1.37 bits per heavy atom. The van der Waals surface area contributed by atoms with Crippen LogP contribution in [0.25, 0.3) is 0 Å². The summed E-state index contributed by atoms with van der Waals surface area (Å²) in [5, 5.41) is 0. The molecule has 1 saturated carbocycles. The largest absolute Gasteiger partial charge is 0.338 e. The van der Waals surface area contributed by atoms with Gasteiger partial charge in [0.05, 0.1) is 5.54 Å². The normalized spacial score (nSPS) is 28.5. The van der Waals surface area contributed by atoms with Crippen LogP contribution < -0.4 is 5.73 Å². The van der Waals surface area contributed by atoms with Gasteiger partial charge >= 0.3 is 0 Å². The third-order valence-electron chi connectivity index (χ3n) is 4.39. The van der Waals surface area contributed by atoms with Gasteiger partial charge in [0.25, 0.3) is 0 Å². The zero-order valence-electron chi connectivity index (χ0n) is 11.1. The quantitative estimate of drug-likeness (QED) is 0.886. The van der Waals surface area contributed by atoms with Gasteiger partial charge in [-0.05, 0) is 43.9 Å². The standard InChI is InChI=1S/C15H19FN2O/c1-10-8-12(11-2-4-13(16)5-3-11)9-18(10)14(19)15(17)6-7-15/h2-5,10,12H,6-9,17H2,1H3/t10-,12+/m1/s1. The molecule has 19 heavy (non-hydrogen) atoms. The molecular formula is C15H19FN2O. The number of carbonyl (C=O) groups is 1. The van der Waals surface area contributed by atoms with Crippen molar-refractivity contribution in [3.05, 3.63) is 35.6 Å². The first-order chi connectivity index (χ1) is 8.99. The van der Waals surface area contributed by atoms with E-state index in [1.807, 2.05) is 17.0 Å². The Labute approximate surface area is 112 Å². The molecule has 1 heterocycles. The van der Waals surface area contributed by atoms with Crippen LogP contribution in [0.5, 0.6) is 0 Å². The zero-order valence-corrected chi connectivity index (χ0v) is 11.1. The third kappa shape index (κ3) is 2.25. The van der Waals surface area contributed by atoms with Gasteiger partial charge in [0.2, 0.25) is 5.91 Å². The minimum Gasteiger partial charge on any atom is -0.338 e. The van der Waals surface area contributed by atoms with E-state index in [0.717, 1.165) is 24.8 Å². The van der Waals surface area contributed by atoms with E-state index in [9.17, 15) is 9.18 Å². The Morgan fingerprint density at radius 2 is 2.00 bits per heavy atom. The first-order valence-electron chi connectivity index (χ1n) is 6.85. The number of hydrogen-bond donors (Lipinski definition) is 1. The minimum atomic E-state index is -0.591. The number of likely N-dealkylation sites (tertiary alicyclic amines) is 1. The highest BCUT2D eigenvalue weighted by Gasteiger charge is 2.50. The van der Waals surface area contributed by atoms with Crippen LogP contribution in [0.1, 0.15) is 37.7 Å². The van der Waals surface area contributed by atoms with Crippen molar-refractivity contribution < 1.29 is 9.18 Å². The number of benzene rings is 1.